The first-order valence-electron chi connectivity index (χ1n) is 9.99. The molecule has 15 nitrogen and oxygen atoms in total. The molecule has 0 radical (unpaired) electrons. The average Bonchev–Trinajstić information content (AvgIpc) is 2.77. The van der Waals surface area contributed by atoms with Gasteiger partial charge in [-0.2, -0.15) is 0 Å². The number of hydrogen-bond donors (Lipinski definition) is 10. The van der Waals surface area contributed by atoms with Crippen LogP contribution in [0.1, 0.15) is 0 Å². The summed E-state index contributed by atoms with van der Waals surface area (Å²) < 4.78 is 25.9. The molecular formula is C17H30O15. The molecule has 3 aliphatic heterocycles. The molecule has 3 fully saturated rings. The van der Waals surface area contributed by atoms with Crippen molar-refractivity contribution in [3.63, 3.8) is 0 Å². The van der Waals surface area contributed by atoms with E-state index in [0.717, 1.165) is 0 Å². The molecule has 14 atom stereocenters. The van der Waals surface area contributed by atoms with Crippen LogP contribution in [0.25, 0.3) is 0 Å². The fraction of sp³-hybridized carbons (Fsp3) is 1.00. The average molecular weight is 474 g/mol. The molecule has 188 valence electrons. The zero-order valence-corrected chi connectivity index (χ0v) is 16.7. The van der Waals surface area contributed by atoms with E-state index in [1.807, 2.05) is 0 Å². The lowest BCUT2D eigenvalue weighted by molar-refractivity contribution is -0.357. The lowest BCUT2D eigenvalue weighted by Gasteiger charge is -2.44. The van der Waals surface area contributed by atoms with Crippen LogP contribution >= 0.6 is 0 Å². The zero-order valence-electron chi connectivity index (χ0n) is 16.7. The monoisotopic (exact) mass is 474 g/mol. The second-order valence-corrected chi connectivity index (χ2v) is 7.93. The van der Waals surface area contributed by atoms with Gasteiger partial charge in [0.25, 0.3) is 0 Å². The molecule has 0 aromatic carbocycles. The van der Waals surface area contributed by atoms with Crippen molar-refractivity contribution < 1.29 is 74.7 Å². The highest BCUT2D eigenvalue weighted by Crippen LogP contribution is 2.28. The first-order valence-corrected chi connectivity index (χ1v) is 9.99. The quantitative estimate of drug-likeness (QED) is 0.172. The maximum Gasteiger partial charge on any atom is 0.186 e. The Morgan fingerprint density at radius 2 is 1.28 bits per heavy atom. The summed E-state index contributed by atoms with van der Waals surface area (Å²) in [5.41, 5.74) is 0. The molecule has 3 rings (SSSR count). The second kappa shape index (κ2) is 10.8. The highest BCUT2D eigenvalue weighted by molar-refractivity contribution is 4.93. The molecular weight excluding hydrogens is 444 g/mol. The summed E-state index contributed by atoms with van der Waals surface area (Å²) >= 11 is 0. The first kappa shape index (κ1) is 26.0. The summed E-state index contributed by atoms with van der Waals surface area (Å²) in [5, 5.41) is 98.7. The predicted molar refractivity (Wildman–Crippen MR) is 95.2 cm³/mol. The van der Waals surface area contributed by atoms with Crippen molar-refractivity contribution in [2.75, 3.05) is 19.8 Å². The van der Waals surface area contributed by atoms with Crippen LogP contribution in [0.5, 0.6) is 0 Å². The molecule has 3 saturated heterocycles. The summed E-state index contributed by atoms with van der Waals surface area (Å²) in [5.74, 6) is 0. The molecule has 0 amide bonds. The third kappa shape index (κ3) is 5.22. The number of rotatable bonds is 6. The van der Waals surface area contributed by atoms with E-state index in [2.05, 4.69) is 0 Å². The number of aliphatic hydroxyl groups excluding tert-OH is 10. The summed E-state index contributed by atoms with van der Waals surface area (Å²) in [6, 6.07) is 0. The number of aliphatic hydroxyl groups is 10. The Balaban J connectivity index is 1.56. The minimum absolute atomic E-state index is 0.388. The molecule has 0 aliphatic carbocycles. The molecule has 32 heavy (non-hydrogen) atoms. The maximum atomic E-state index is 10.4. The van der Waals surface area contributed by atoms with E-state index < -0.39 is 99.2 Å². The highest BCUT2D eigenvalue weighted by Gasteiger charge is 2.49. The Bertz CT molecular complexity index is 594. The molecule has 0 bridgehead atoms. The van der Waals surface area contributed by atoms with Gasteiger partial charge in [0, 0.05) is 0 Å². The van der Waals surface area contributed by atoms with Gasteiger partial charge in [0.05, 0.1) is 19.8 Å². The van der Waals surface area contributed by atoms with Gasteiger partial charge >= 0.3 is 0 Å². The molecule has 10 N–H and O–H groups in total. The van der Waals surface area contributed by atoms with E-state index in [-0.39, 0.29) is 6.61 Å². The standard InChI is InChI=1S/C17H30O15/c18-1-5-8(21)10(23)13(26)16(31-5)29-3-6-9(22)11(24)14(15(27)30-6)32-17-12(25)7(20)4(19)2-28-17/h4-27H,1-3H2/t4-,5+,6+,7-,8+,9+,10-,11-,12+,13+,14+,15+,16+,17-/m0/s1. The minimum atomic E-state index is -1.85. The molecule has 0 saturated carbocycles. The van der Waals surface area contributed by atoms with E-state index in [1.54, 1.807) is 0 Å². The molecule has 0 unspecified atom stereocenters. The minimum Gasteiger partial charge on any atom is -0.394 e. The van der Waals surface area contributed by atoms with Crippen LogP contribution in [0.15, 0.2) is 0 Å². The Morgan fingerprint density at radius 1 is 0.656 bits per heavy atom. The van der Waals surface area contributed by atoms with Crippen LogP contribution in [0.2, 0.25) is 0 Å². The normalized spacial score (nSPS) is 52.7. The van der Waals surface area contributed by atoms with Gasteiger partial charge < -0.3 is 74.7 Å². The van der Waals surface area contributed by atoms with Crippen LogP contribution < -0.4 is 0 Å². The molecule has 0 spiro atoms. The van der Waals surface area contributed by atoms with E-state index >= 15 is 0 Å². The van der Waals surface area contributed by atoms with Gasteiger partial charge in [0.2, 0.25) is 0 Å². The smallest absolute Gasteiger partial charge is 0.186 e. The predicted octanol–water partition coefficient (Wildman–Crippen LogP) is -6.93. The third-order valence-electron chi connectivity index (χ3n) is 5.68. The Hall–Kier alpha value is -0.600. The van der Waals surface area contributed by atoms with Crippen LogP contribution in [0, 0.1) is 0 Å². The Kier molecular flexibility index (Phi) is 8.75. The SMILES string of the molecule is OC[C@H]1O[C@@H](OC[C@H]2O[C@@H](O)[C@H](O[C@@H]3OC[C@H](O)[C@H](O)[C@H]3O)[C@@H](O)[C@@H]2O)[C@H](O)[C@@H](O)[C@@H]1O. The van der Waals surface area contributed by atoms with Crippen molar-refractivity contribution in [2.45, 2.75) is 86.0 Å². The van der Waals surface area contributed by atoms with Gasteiger partial charge in [-0.25, -0.2) is 0 Å². The van der Waals surface area contributed by atoms with E-state index in [0.29, 0.717) is 0 Å². The lowest BCUT2D eigenvalue weighted by Crippen LogP contribution is -2.63. The second-order valence-electron chi connectivity index (χ2n) is 7.93. The third-order valence-corrected chi connectivity index (χ3v) is 5.68. The molecule has 3 aliphatic rings. The summed E-state index contributed by atoms with van der Waals surface area (Å²) in [7, 11) is 0. The summed E-state index contributed by atoms with van der Waals surface area (Å²) in [6.45, 7) is -1.62. The fourth-order valence-corrected chi connectivity index (χ4v) is 3.65. The van der Waals surface area contributed by atoms with Crippen molar-refractivity contribution >= 4 is 0 Å². The van der Waals surface area contributed by atoms with Gasteiger partial charge in [-0.15, -0.1) is 0 Å². The van der Waals surface area contributed by atoms with E-state index in [1.165, 1.54) is 0 Å². The molecule has 0 aromatic heterocycles. The van der Waals surface area contributed by atoms with Crippen molar-refractivity contribution in [1.82, 2.24) is 0 Å². The van der Waals surface area contributed by atoms with Crippen molar-refractivity contribution in [2.24, 2.45) is 0 Å². The number of ether oxygens (including phenoxy) is 5. The molecule has 15 heteroatoms. The Morgan fingerprint density at radius 3 is 1.94 bits per heavy atom. The number of hydrogen-bond acceptors (Lipinski definition) is 15. The van der Waals surface area contributed by atoms with Gasteiger partial charge in [0.15, 0.2) is 18.9 Å². The van der Waals surface area contributed by atoms with Crippen LogP contribution in [0.4, 0.5) is 0 Å². The lowest BCUT2D eigenvalue weighted by atomic mass is 9.98. The molecule has 0 aromatic rings. The molecule has 3 heterocycles. The van der Waals surface area contributed by atoms with E-state index in [4.69, 9.17) is 23.7 Å². The van der Waals surface area contributed by atoms with Gasteiger partial charge in [0.1, 0.15) is 67.1 Å². The highest BCUT2D eigenvalue weighted by atomic mass is 16.7. The summed E-state index contributed by atoms with van der Waals surface area (Å²) in [4.78, 5) is 0. The maximum absolute atomic E-state index is 10.4. The van der Waals surface area contributed by atoms with Crippen molar-refractivity contribution in [3.05, 3.63) is 0 Å². The van der Waals surface area contributed by atoms with Gasteiger partial charge in [-0.05, 0) is 0 Å². The van der Waals surface area contributed by atoms with Crippen LogP contribution in [-0.2, 0) is 23.7 Å². The fourth-order valence-electron chi connectivity index (χ4n) is 3.65. The van der Waals surface area contributed by atoms with E-state index in [9.17, 15) is 51.1 Å². The first-order chi connectivity index (χ1) is 15.1. The van der Waals surface area contributed by atoms with Gasteiger partial charge in [-0.3, -0.25) is 0 Å². The summed E-state index contributed by atoms with van der Waals surface area (Å²) in [6.07, 6.45) is -22.2. The van der Waals surface area contributed by atoms with Crippen LogP contribution in [-0.4, -0.2) is 157 Å². The van der Waals surface area contributed by atoms with Gasteiger partial charge in [-0.1, -0.05) is 0 Å². The Labute approximate surface area is 181 Å². The van der Waals surface area contributed by atoms with Crippen molar-refractivity contribution in [3.8, 4) is 0 Å². The zero-order chi connectivity index (χ0) is 23.7. The van der Waals surface area contributed by atoms with Crippen LogP contribution in [0.3, 0.4) is 0 Å². The topological polar surface area (TPSA) is 248 Å². The van der Waals surface area contributed by atoms with Crippen molar-refractivity contribution in [1.29, 1.82) is 0 Å². The largest absolute Gasteiger partial charge is 0.394 e.